The Bertz CT molecular complexity index is 1000. The van der Waals surface area contributed by atoms with Gasteiger partial charge in [0.15, 0.2) is 10.9 Å². The second kappa shape index (κ2) is 9.68. The number of hydrogen-bond acceptors (Lipinski definition) is 8. The molecule has 0 bridgehead atoms. The van der Waals surface area contributed by atoms with Crippen LogP contribution in [0.1, 0.15) is 17.0 Å². The minimum atomic E-state index is -0.670. The number of carbonyl (C=O) groups excluding carboxylic acids is 1. The summed E-state index contributed by atoms with van der Waals surface area (Å²) in [6.07, 6.45) is 0.709. The van der Waals surface area contributed by atoms with Crippen LogP contribution >= 0.6 is 23.7 Å². The molecule has 1 aromatic carbocycles. The highest BCUT2D eigenvalue weighted by Gasteiger charge is 2.26. The fourth-order valence-corrected chi connectivity index (χ4v) is 3.61. The second-order valence-corrected chi connectivity index (χ2v) is 7.35. The number of rotatable bonds is 8. The molecule has 0 saturated heterocycles. The first-order valence-corrected chi connectivity index (χ1v) is 9.36. The number of anilines is 1. The van der Waals surface area contributed by atoms with E-state index in [1.165, 1.54) is 28.4 Å². The molecule has 2 aromatic heterocycles. The minimum Gasteiger partial charge on any atom is -0.497 e. The molecule has 3 aromatic rings. The summed E-state index contributed by atoms with van der Waals surface area (Å²) in [5.74, 6) is -0.339. The van der Waals surface area contributed by atoms with Crippen LogP contribution in [-0.4, -0.2) is 55.0 Å². The number of thiazole rings is 1. The van der Waals surface area contributed by atoms with Gasteiger partial charge in [-0.15, -0.1) is 12.4 Å². The number of hydrogen-bond donors (Lipinski definition) is 0. The molecule has 29 heavy (non-hydrogen) atoms. The van der Waals surface area contributed by atoms with Crippen molar-refractivity contribution in [1.82, 2.24) is 9.88 Å². The highest BCUT2D eigenvalue weighted by atomic mass is 35.5. The van der Waals surface area contributed by atoms with Gasteiger partial charge in [-0.25, -0.2) is 4.98 Å². The van der Waals surface area contributed by atoms with E-state index in [2.05, 4.69) is 4.98 Å². The predicted molar refractivity (Wildman–Crippen MR) is 114 cm³/mol. The average Bonchev–Trinajstić information content (AvgIpc) is 3.30. The van der Waals surface area contributed by atoms with E-state index in [1.807, 2.05) is 31.1 Å². The Balaban J connectivity index is 0.00000300. The maximum Gasteiger partial charge on any atom is 0.433 e. The lowest BCUT2D eigenvalue weighted by Gasteiger charge is -2.19. The van der Waals surface area contributed by atoms with E-state index < -0.39 is 16.7 Å². The normalized spacial score (nSPS) is 10.8. The summed E-state index contributed by atoms with van der Waals surface area (Å²) in [5, 5.41) is 11.4. The maximum absolute atomic E-state index is 13.0. The number of aromatic nitrogens is 1. The monoisotopic (exact) mass is 440 g/mol. The number of ether oxygens (including phenoxy) is 1. The molecular weight excluding hydrogens is 420 g/mol. The first-order chi connectivity index (χ1) is 13.4. The molecule has 9 nitrogen and oxygen atoms in total. The molecular formula is C18H21ClN4O5S. The Morgan fingerprint density at radius 1 is 1.28 bits per heavy atom. The lowest BCUT2D eigenvalue weighted by Crippen LogP contribution is -2.33. The quantitative estimate of drug-likeness (QED) is 0.387. The van der Waals surface area contributed by atoms with Gasteiger partial charge >= 0.3 is 5.88 Å². The van der Waals surface area contributed by atoms with Gasteiger partial charge in [0.25, 0.3) is 5.91 Å². The van der Waals surface area contributed by atoms with Crippen molar-refractivity contribution < 1.29 is 18.9 Å². The van der Waals surface area contributed by atoms with Crippen LogP contribution in [0.2, 0.25) is 0 Å². The van der Waals surface area contributed by atoms with Crippen LogP contribution < -0.4 is 9.64 Å². The van der Waals surface area contributed by atoms with Crippen LogP contribution in [-0.2, 0) is 0 Å². The molecule has 156 valence electrons. The lowest BCUT2D eigenvalue weighted by atomic mass is 10.3. The van der Waals surface area contributed by atoms with Crippen molar-refractivity contribution in [3.8, 4) is 5.75 Å². The summed E-state index contributed by atoms with van der Waals surface area (Å²) in [4.78, 5) is 31.3. The standard InChI is InChI=1S/C18H20N4O5S.ClH/c1-20(2)9-4-10-21(17(23)14-6-8-16(27-14)22(24)25)18-19-13-11-12(26-3)5-7-15(13)28-18;/h5-8,11H,4,9-10H2,1-3H3;1H. The van der Waals surface area contributed by atoms with E-state index in [9.17, 15) is 14.9 Å². The molecule has 0 aliphatic rings. The molecule has 3 rings (SSSR count). The molecule has 2 heterocycles. The smallest absolute Gasteiger partial charge is 0.433 e. The maximum atomic E-state index is 13.0. The van der Waals surface area contributed by atoms with Gasteiger partial charge in [-0.3, -0.25) is 19.8 Å². The number of halogens is 1. The fourth-order valence-electron chi connectivity index (χ4n) is 2.64. The Labute approximate surface area is 177 Å². The summed E-state index contributed by atoms with van der Waals surface area (Å²) in [6.45, 7) is 1.18. The number of amides is 1. The van der Waals surface area contributed by atoms with Gasteiger partial charge in [-0.2, -0.15) is 0 Å². The predicted octanol–water partition coefficient (Wildman–Crippen LogP) is 3.83. The number of furan rings is 1. The van der Waals surface area contributed by atoms with Gasteiger partial charge in [-0.05, 0) is 45.3 Å². The van der Waals surface area contributed by atoms with E-state index in [4.69, 9.17) is 9.15 Å². The van der Waals surface area contributed by atoms with Crippen molar-refractivity contribution in [1.29, 1.82) is 0 Å². The lowest BCUT2D eigenvalue weighted by molar-refractivity contribution is -0.402. The molecule has 0 aliphatic carbocycles. The summed E-state index contributed by atoms with van der Waals surface area (Å²) in [7, 11) is 5.48. The van der Waals surface area contributed by atoms with Gasteiger partial charge in [0, 0.05) is 12.6 Å². The van der Waals surface area contributed by atoms with Crippen molar-refractivity contribution in [2.24, 2.45) is 0 Å². The van der Waals surface area contributed by atoms with E-state index in [0.29, 0.717) is 23.8 Å². The third-order valence-corrected chi connectivity index (χ3v) is 5.09. The molecule has 0 N–H and O–H groups in total. The van der Waals surface area contributed by atoms with Gasteiger partial charge < -0.3 is 14.1 Å². The number of benzene rings is 1. The molecule has 0 spiro atoms. The van der Waals surface area contributed by atoms with Crippen LogP contribution in [0, 0.1) is 10.1 Å². The number of nitro groups is 1. The highest BCUT2D eigenvalue weighted by molar-refractivity contribution is 7.22. The summed E-state index contributed by atoms with van der Waals surface area (Å²) in [5.41, 5.74) is 0.718. The molecule has 0 fully saturated rings. The van der Waals surface area contributed by atoms with E-state index in [1.54, 1.807) is 13.2 Å². The molecule has 0 aliphatic heterocycles. The first kappa shape index (κ1) is 22.6. The Morgan fingerprint density at radius 3 is 2.66 bits per heavy atom. The van der Waals surface area contributed by atoms with Crippen LogP contribution in [0.25, 0.3) is 10.2 Å². The van der Waals surface area contributed by atoms with Gasteiger partial charge in [0.05, 0.1) is 23.4 Å². The zero-order valence-electron chi connectivity index (χ0n) is 16.2. The Hall–Kier alpha value is -2.69. The molecule has 0 atom stereocenters. The van der Waals surface area contributed by atoms with E-state index >= 15 is 0 Å². The van der Waals surface area contributed by atoms with Crippen molar-refractivity contribution >= 4 is 50.9 Å². The zero-order chi connectivity index (χ0) is 20.3. The largest absolute Gasteiger partial charge is 0.497 e. The molecule has 0 radical (unpaired) electrons. The van der Waals surface area contributed by atoms with Crippen LogP contribution in [0.4, 0.5) is 11.0 Å². The minimum absolute atomic E-state index is 0. The number of fused-ring (bicyclic) bond motifs is 1. The molecule has 0 unspecified atom stereocenters. The third kappa shape index (κ3) is 5.22. The summed E-state index contributed by atoms with van der Waals surface area (Å²) < 4.78 is 11.2. The van der Waals surface area contributed by atoms with Gasteiger partial charge in [0.1, 0.15) is 10.7 Å². The molecule has 11 heteroatoms. The van der Waals surface area contributed by atoms with E-state index in [0.717, 1.165) is 16.8 Å². The SMILES string of the molecule is COc1ccc2sc(N(CCCN(C)C)C(=O)c3ccc([N+](=O)[O-])o3)nc2c1.Cl. The third-order valence-electron chi connectivity index (χ3n) is 4.03. The van der Waals surface area contributed by atoms with Crippen molar-refractivity contribution in [2.75, 3.05) is 39.2 Å². The van der Waals surface area contributed by atoms with Crippen molar-refractivity contribution in [2.45, 2.75) is 6.42 Å². The second-order valence-electron chi connectivity index (χ2n) is 6.34. The Morgan fingerprint density at radius 2 is 2.03 bits per heavy atom. The van der Waals surface area contributed by atoms with Crippen LogP contribution in [0.15, 0.2) is 34.7 Å². The van der Waals surface area contributed by atoms with Crippen LogP contribution in [0.3, 0.4) is 0 Å². The highest BCUT2D eigenvalue weighted by Crippen LogP contribution is 2.32. The van der Waals surface area contributed by atoms with E-state index in [-0.39, 0.29) is 18.2 Å². The van der Waals surface area contributed by atoms with Crippen LogP contribution in [0.5, 0.6) is 5.75 Å². The fraction of sp³-hybridized carbons (Fsp3) is 0.333. The van der Waals surface area contributed by atoms with Crippen molar-refractivity contribution in [3.05, 3.63) is 46.2 Å². The summed E-state index contributed by atoms with van der Waals surface area (Å²) in [6, 6.07) is 8.01. The topological polar surface area (TPSA) is 102 Å². The van der Waals surface area contributed by atoms with Crippen molar-refractivity contribution in [3.63, 3.8) is 0 Å². The molecule has 0 saturated carbocycles. The molecule has 1 amide bonds. The van der Waals surface area contributed by atoms with Gasteiger partial charge in [0.2, 0.25) is 0 Å². The summed E-state index contributed by atoms with van der Waals surface area (Å²) >= 11 is 1.37. The van der Waals surface area contributed by atoms with Gasteiger partial charge in [-0.1, -0.05) is 11.3 Å². The number of carbonyl (C=O) groups is 1. The zero-order valence-corrected chi connectivity index (χ0v) is 17.8. The first-order valence-electron chi connectivity index (χ1n) is 8.54. The average molecular weight is 441 g/mol. The number of nitrogens with zero attached hydrogens (tertiary/aromatic N) is 4. The number of methoxy groups -OCH3 is 1. The Kier molecular flexibility index (Phi) is 7.54.